The molecular weight excluding hydrogens is 196 g/mol. The minimum absolute atomic E-state index is 0.0351. The second kappa shape index (κ2) is 5.35. The summed E-state index contributed by atoms with van der Waals surface area (Å²) in [6.45, 7) is 3.77. The maximum atomic E-state index is 11.4. The van der Waals surface area contributed by atoms with Crippen LogP contribution in [0.25, 0.3) is 0 Å². The third kappa shape index (κ3) is 3.30. The molecule has 0 unspecified atom stereocenters. The highest BCUT2D eigenvalue weighted by molar-refractivity contribution is 6.33. The first-order valence-corrected chi connectivity index (χ1v) is 5.59. The van der Waals surface area contributed by atoms with Crippen LogP contribution in [0.1, 0.15) is 39.5 Å². The lowest BCUT2D eigenvalue weighted by Gasteiger charge is -2.11. The first-order valence-electron chi connectivity index (χ1n) is 5.21. The summed E-state index contributed by atoms with van der Waals surface area (Å²) < 4.78 is 0. The van der Waals surface area contributed by atoms with Crippen molar-refractivity contribution >= 4 is 17.4 Å². The van der Waals surface area contributed by atoms with Crippen LogP contribution in [0, 0.1) is 5.92 Å². The molecule has 0 aromatic rings. The maximum absolute atomic E-state index is 11.4. The summed E-state index contributed by atoms with van der Waals surface area (Å²) in [5.41, 5.74) is 1.15. The molecule has 0 bridgehead atoms. The van der Waals surface area contributed by atoms with Gasteiger partial charge < -0.3 is 0 Å². The van der Waals surface area contributed by atoms with Gasteiger partial charge in [-0.2, -0.15) is 0 Å². The Balaban J connectivity index is 2.68. The van der Waals surface area contributed by atoms with E-state index in [1.54, 1.807) is 6.08 Å². The summed E-state index contributed by atoms with van der Waals surface area (Å²) in [7, 11) is 0. The van der Waals surface area contributed by atoms with E-state index in [2.05, 4.69) is 6.08 Å². The Bertz CT molecular complexity index is 274. The van der Waals surface area contributed by atoms with Gasteiger partial charge in [-0.25, -0.2) is 0 Å². The monoisotopic (exact) mass is 212 g/mol. The van der Waals surface area contributed by atoms with Gasteiger partial charge in [-0.1, -0.05) is 31.5 Å². The molecule has 0 fully saturated rings. The zero-order valence-corrected chi connectivity index (χ0v) is 9.60. The second-order valence-corrected chi connectivity index (χ2v) is 4.43. The molecule has 1 aliphatic rings. The van der Waals surface area contributed by atoms with Crippen LogP contribution >= 0.6 is 11.6 Å². The molecule has 78 valence electrons. The van der Waals surface area contributed by atoms with Gasteiger partial charge in [0.05, 0.1) is 0 Å². The van der Waals surface area contributed by atoms with Crippen molar-refractivity contribution in [1.29, 1.82) is 0 Å². The van der Waals surface area contributed by atoms with Gasteiger partial charge >= 0.3 is 0 Å². The Hall–Kier alpha value is -0.560. The summed E-state index contributed by atoms with van der Waals surface area (Å²) in [5, 5.41) is 0.642. The van der Waals surface area contributed by atoms with Crippen molar-refractivity contribution in [3.05, 3.63) is 22.8 Å². The molecule has 0 aromatic carbocycles. The van der Waals surface area contributed by atoms with Crippen LogP contribution in [0.5, 0.6) is 0 Å². The van der Waals surface area contributed by atoms with Gasteiger partial charge in [-0.15, -0.1) is 0 Å². The van der Waals surface area contributed by atoms with Crippen LogP contribution in [0.2, 0.25) is 0 Å². The lowest BCUT2D eigenvalue weighted by molar-refractivity contribution is -0.117. The standard InChI is InChI=1S/C12H17ClO/c1-9(2)12(14)8-11(13)10-6-4-3-5-7-10/h6,8-9H,3-5,7H2,1-2H3/b11-8-. The average molecular weight is 213 g/mol. The Morgan fingerprint density at radius 1 is 1.50 bits per heavy atom. The number of ketones is 1. The summed E-state index contributed by atoms with van der Waals surface area (Å²) in [4.78, 5) is 11.4. The number of hydrogen-bond acceptors (Lipinski definition) is 1. The van der Waals surface area contributed by atoms with Gasteiger partial charge in [0.2, 0.25) is 0 Å². The number of rotatable bonds is 3. The molecule has 1 aliphatic carbocycles. The van der Waals surface area contributed by atoms with Crippen molar-refractivity contribution in [1.82, 2.24) is 0 Å². The van der Waals surface area contributed by atoms with Gasteiger partial charge in [0, 0.05) is 17.0 Å². The van der Waals surface area contributed by atoms with Crippen molar-refractivity contribution in [3.63, 3.8) is 0 Å². The fourth-order valence-electron chi connectivity index (χ4n) is 1.44. The fraction of sp³-hybridized carbons (Fsp3) is 0.583. The van der Waals surface area contributed by atoms with Crippen molar-refractivity contribution in [3.8, 4) is 0 Å². The third-order valence-electron chi connectivity index (χ3n) is 2.44. The molecule has 1 nitrogen and oxygen atoms in total. The maximum Gasteiger partial charge on any atom is 0.159 e. The molecular formula is C12H17ClO. The first kappa shape index (κ1) is 11.5. The molecule has 0 N–H and O–H groups in total. The quantitative estimate of drug-likeness (QED) is 0.650. The van der Waals surface area contributed by atoms with E-state index in [9.17, 15) is 4.79 Å². The smallest absolute Gasteiger partial charge is 0.159 e. The minimum atomic E-state index is 0.0351. The highest BCUT2D eigenvalue weighted by Gasteiger charge is 2.10. The SMILES string of the molecule is CC(C)C(=O)/C=C(\Cl)C1=CCCCC1. The van der Waals surface area contributed by atoms with E-state index in [4.69, 9.17) is 11.6 Å². The van der Waals surface area contributed by atoms with Crippen LogP contribution in [-0.4, -0.2) is 5.78 Å². The average Bonchev–Trinajstić information content (AvgIpc) is 2.19. The largest absolute Gasteiger partial charge is 0.295 e. The summed E-state index contributed by atoms with van der Waals surface area (Å²) in [6, 6.07) is 0. The molecule has 0 aromatic heterocycles. The van der Waals surface area contributed by atoms with Crippen LogP contribution < -0.4 is 0 Å². The Morgan fingerprint density at radius 2 is 2.21 bits per heavy atom. The van der Waals surface area contributed by atoms with Gasteiger partial charge in [0.15, 0.2) is 5.78 Å². The predicted octanol–water partition coefficient (Wildman–Crippen LogP) is 3.83. The Morgan fingerprint density at radius 3 is 2.71 bits per heavy atom. The van der Waals surface area contributed by atoms with Crippen molar-refractivity contribution < 1.29 is 4.79 Å². The number of carbonyl (C=O) groups is 1. The highest BCUT2D eigenvalue weighted by atomic mass is 35.5. The van der Waals surface area contributed by atoms with Crippen LogP contribution in [0.3, 0.4) is 0 Å². The second-order valence-electron chi connectivity index (χ2n) is 4.02. The molecule has 0 spiro atoms. The third-order valence-corrected chi connectivity index (χ3v) is 2.79. The normalized spacial score (nSPS) is 18.3. The summed E-state index contributed by atoms with van der Waals surface area (Å²) in [5.74, 6) is 0.148. The lowest BCUT2D eigenvalue weighted by Crippen LogP contribution is -2.04. The Kier molecular flexibility index (Phi) is 4.40. The zero-order valence-electron chi connectivity index (χ0n) is 8.85. The molecule has 2 heteroatoms. The molecule has 0 aliphatic heterocycles. The molecule has 0 saturated carbocycles. The molecule has 0 amide bonds. The van der Waals surface area contributed by atoms with E-state index >= 15 is 0 Å². The van der Waals surface area contributed by atoms with Crippen LogP contribution in [0.4, 0.5) is 0 Å². The van der Waals surface area contributed by atoms with E-state index in [1.807, 2.05) is 13.8 Å². The topological polar surface area (TPSA) is 17.1 Å². The Labute approximate surface area is 90.8 Å². The molecule has 1 rings (SSSR count). The van der Waals surface area contributed by atoms with E-state index in [1.165, 1.54) is 12.8 Å². The minimum Gasteiger partial charge on any atom is -0.295 e. The lowest BCUT2D eigenvalue weighted by atomic mass is 9.98. The van der Waals surface area contributed by atoms with E-state index in [0.717, 1.165) is 18.4 Å². The van der Waals surface area contributed by atoms with Gasteiger partial charge in [-0.3, -0.25) is 4.79 Å². The summed E-state index contributed by atoms with van der Waals surface area (Å²) >= 11 is 6.07. The van der Waals surface area contributed by atoms with E-state index in [0.29, 0.717) is 5.03 Å². The highest BCUT2D eigenvalue weighted by Crippen LogP contribution is 2.26. The first-order chi connectivity index (χ1) is 6.61. The van der Waals surface area contributed by atoms with Crippen molar-refractivity contribution in [2.24, 2.45) is 5.92 Å². The molecule has 0 saturated heterocycles. The predicted molar refractivity (Wildman–Crippen MR) is 60.3 cm³/mol. The molecule has 0 atom stereocenters. The number of hydrogen-bond donors (Lipinski definition) is 0. The molecule has 14 heavy (non-hydrogen) atoms. The van der Waals surface area contributed by atoms with Crippen molar-refractivity contribution in [2.75, 3.05) is 0 Å². The van der Waals surface area contributed by atoms with E-state index < -0.39 is 0 Å². The van der Waals surface area contributed by atoms with Crippen LogP contribution in [-0.2, 0) is 4.79 Å². The number of halogens is 1. The zero-order chi connectivity index (χ0) is 10.6. The molecule has 0 radical (unpaired) electrons. The van der Waals surface area contributed by atoms with Crippen LogP contribution in [0.15, 0.2) is 22.8 Å². The number of allylic oxidation sites excluding steroid dienone is 4. The van der Waals surface area contributed by atoms with Gasteiger partial charge in [0.1, 0.15) is 0 Å². The number of carbonyl (C=O) groups excluding carboxylic acids is 1. The fourth-order valence-corrected chi connectivity index (χ4v) is 1.72. The van der Waals surface area contributed by atoms with Crippen molar-refractivity contribution in [2.45, 2.75) is 39.5 Å². The van der Waals surface area contributed by atoms with E-state index in [-0.39, 0.29) is 11.7 Å². The van der Waals surface area contributed by atoms with Gasteiger partial charge in [0.25, 0.3) is 0 Å². The van der Waals surface area contributed by atoms with Gasteiger partial charge in [-0.05, 0) is 31.3 Å². The summed E-state index contributed by atoms with van der Waals surface area (Å²) in [6.07, 6.45) is 8.26. The molecule has 0 heterocycles.